The van der Waals surface area contributed by atoms with Gasteiger partial charge in [0.25, 0.3) is 5.91 Å². The first-order valence-electron chi connectivity index (χ1n) is 26.0. The van der Waals surface area contributed by atoms with Crippen LogP contribution < -0.4 is 25.2 Å². The number of carboxylic acid groups (broad SMARTS) is 1. The Morgan fingerprint density at radius 1 is 0.816 bits per heavy atom. The van der Waals surface area contributed by atoms with Crippen molar-refractivity contribution in [3.05, 3.63) is 119 Å². The fraction of sp³-hybridized carbons (Fsp3) is 0.393. The van der Waals surface area contributed by atoms with E-state index in [-0.39, 0.29) is 53.4 Å². The molecule has 1 aliphatic carbocycles. The summed E-state index contributed by atoms with van der Waals surface area (Å²) in [6.07, 6.45) is 2.04. The topological polar surface area (TPSA) is 188 Å². The van der Waals surface area contributed by atoms with Crippen LogP contribution in [-0.4, -0.2) is 104 Å². The van der Waals surface area contributed by atoms with Gasteiger partial charge in [0, 0.05) is 74.8 Å². The molecule has 0 bridgehead atoms. The highest BCUT2D eigenvalue weighted by atomic mass is 32.1. The number of rotatable bonds is 14. The zero-order chi connectivity index (χ0) is 52.7. The number of fused-ring (bicyclic) bond motifs is 3. The highest BCUT2D eigenvalue weighted by Gasteiger charge is 2.40. The zero-order valence-electron chi connectivity index (χ0n) is 41.9. The van der Waals surface area contributed by atoms with Crippen molar-refractivity contribution in [1.29, 1.82) is 0 Å². The molecule has 11 rings (SSSR count). The Bertz CT molecular complexity index is 3330. The van der Waals surface area contributed by atoms with Crippen LogP contribution in [0.2, 0.25) is 0 Å². The number of nitrogens with one attached hydrogen (secondary N) is 2. The Morgan fingerprint density at radius 3 is 2.37 bits per heavy atom. The van der Waals surface area contributed by atoms with E-state index in [0.717, 1.165) is 97.4 Å². The Kier molecular flexibility index (Phi) is 14.2. The number of ether oxygens (including phenoxy) is 1. The molecule has 3 amide bonds. The number of amides is 3. The number of carbonyl (C=O) groups excluding carboxylic acids is 3. The van der Waals surface area contributed by atoms with E-state index in [1.807, 2.05) is 60.5 Å². The van der Waals surface area contributed by atoms with Gasteiger partial charge in [0.2, 0.25) is 11.8 Å². The van der Waals surface area contributed by atoms with Gasteiger partial charge in [-0.15, -0.1) is 0 Å². The quantitative estimate of drug-likeness (QED) is 0.0691. The molecule has 1 unspecified atom stereocenters. The van der Waals surface area contributed by atoms with Crippen LogP contribution in [0.15, 0.2) is 84.9 Å². The number of hydrogen-bond donors (Lipinski definition) is 3. The Balaban J connectivity index is 0.678. The van der Waals surface area contributed by atoms with Crippen molar-refractivity contribution in [2.75, 3.05) is 54.4 Å². The molecule has 76 heavy (non-hydrogen) atoms. The van der Waals surface area contributed by atoms with Crippen LogP contribution in [0.5, 0.6) is 5.75 Å². The number of carbonyl (C=O) groups is 4. The fourth-order valence-corrected chi connectivity index (χ4v) is 12.3. The third-order valence-corrected chi connectivity index (χ3v) is 16.4. The SMILES string of the molecule is Cn1nc(C2CCC(=O)NC2=O)c2ccc(N3CCN(CCCCC4CCC(Oc5cccc(-c6ccc(N7CCc8cccc(C(=O)Nc9nc%10ccccc%10s9)c8C7)nc6C(=O)O)c5C(F)(F)F)CC4)CC3)nc21. The molecule has 7 heterocycles. The van der Waals surface area contributed by atoms with Crippen LogP contribution in [0.1, 0.15) is 107 Å². The predicted molar refractivity (Wildman–Crippen MR) is 283 cm³/mol. The largest absolute Gasteiger partial charge is 0.490 e. The molecule has 3 fully saturated rings. The van der Waals surface area contributed by atoms with Crippen LogP contribution in [0, 0.1) is 5.92 Å². The maximum Gasteiger partial charge on any atom is 0.420 e. The van der Waals surface area contributed by atoms with E-state index in [1.165, 1.54) is 35.6 Å². The number of aromatic nitrogens is 5. The second-order valence-electron chi connectivity index (χ2n) is 20.2. The van der Waals surface area contributed by atoms with Crippen molar-refractivity contribution in [3.8, 4) is 16.9 Å². The van der Waals surface area contributed by atoms with Crippen molar-refractivity contribution in [1.82, 2.24) is 34.9 Å². The van der Waals surface area contributed by atoms with Crippen molar-refractivity contribution in [3.63, 3.8) is 0 Å². The van der Waals surface area contributed by atoms with E-state index in [0.29, 0.717) is 60.2 Å². The first-order valence-corrected chi connectivity index (χ1v) is 26.8. The number of anilines is 3. The molecule has 394 valence electrons. The molecule has 2 saturated heterocycles. The molecule has 7 aromatic rings. The fourth-order valence-electron chi connectivity index (χ4n) is 11.5. The number of aromatic carboxylic acids is 1. The molecule has 20 heteroatoms. The van der Waals surface area contributed by atoms with Gasteiger partial charge in [-0.25, -0.2) is 19.7 Å². The molecule has 4 aliphatic rings. The first kappa shape index (κ1) is 50.7. The molecule has 1 atom stereocenters. The number of piperidine rings is 1. The molecule has 3 N–H and O–H groups in total. The number of alkyl halides is 3. The number of imide groups is 1. The van der Waals surface area contributed by atoms with Crippen molar-refractivity contribution in [2.45, 2.75) is 89.0 Å². The average Bonchev–Trinajstić information content (AvgIpc) is 4.01. The summed E-state index contributed by atoms with van der Waals surface area (Å²) in [6, 6.07) is 24.0. The van der Waals surface area contributed by atoms with E-state index in [9.17, 15) is 24.3 Å². The number of unbranched alkanes of at least 4 members (excludes halogenated alkanes) is 1. The highest BCUT2D eigenvalue weighted by Crippen LogP contribution is 2.45. The third kappa shape index (κ3) is 10.6. The summed E-state index contributed by atoms with van der Waals surface area (Å²) in [5.74, 6) is -1.60. The minimum atomic E-state index is -4.86. The second-order valence-corrected chi connectivity index (χ2v) is 21.3. The monoisotopic (exact) mass is 1050 g/mol. The Hall–Kier alpha value is -7.45. The second kappa shape index (κ2) is 21.3. The lowest BCUT2D eigenvalue weighted by Crippen LogP contribution is -2.46. The van der Waals surface area contributed by atoms with Gasteiger partial charge in [0.05, 0.1) is 27.9 Å². The molecular formula is C56H57F3N10O6S. The third-order valence-electron chi connectivity index (χ3n) is 15.4. The van der Waals surface area contributed by atoms with Gasteiger partial charge in [-0.1, -0.05) is 60.6 Å². The standard InChI is InChI=1S/C56H57F3N10O6S/c1-66-51-39(49(65-66)40-21-24-47(70)63-53(40)72)20-23-46(62-51)68-30-28-67(29-31-68)26-5-4-8-33-15-17-35(18-16-33)75-43-13-7-10-36(48(43)56(57,58)59)37-19-22-45(61-50(37)54(73)74)69-27-25-34-9-6-11-38(41(34)32-69)52(71)64-55-60-42-12-2-3-14-44(42)76-55/h2-3,6-7,9-14,19-20,22-23,33,35,40H,4-5,8,15-18,21,24-32H2,1H3,(H,73,74)(H,60,64,71)(H,63,70,72). The number of carboxylic acids is 1. The lowest BCUT2D eigenvalue weighted by Gasteiger charge is -2.35. The molecule has 16 nitrogen and oxygen atoms in total. The summed E-state index contributed by atoms with van der Waals surface area (Å²) in [5.41, 5.74) is 2.24. The number of thiazole rings is 1. The lowest BCUT2D eigenvalue weighted by molar-refractivity contribution is -0.139. The number of halogens is 3. The molecule has 0 spiro atoms. The molecule has 3 aliphatic heterocycles. The first-order chi connectivity index (χ1) is 36.7. The number of pyridine rings is 2. The average molecular weight is 1060 g/mol. The summed E-state index contributed by atoms with van der Waals surface area (Å²) < 4.78 is 54.3. The normalized spacial score (nSPS) is 19.4. The summed E-state index contributed by atoms with van der Waals surface area (Å²) in [4.78, 5) is 71.3. The van der Waals surface area contributed by atoms with Gasteiger partial charge in [0.1, 0.15) is 22.9 Å². The van der Waals surface area contributed by atoms with Crippen molar-refractivity contribution >= 4 is 73.0 Å². The van der Waals surface area contributed by atoms with Crippen LogP contribution in [0.4, 0.5) is 29.9 Å². The van der Waals surface area contributed by atoms with E-state index >= 15 is 13.2 Å². The van der Waals surface area contributed by atoms with E-state index in [4.69, 9.17) is 9.72 Å². The summed E-state index contributed by atoms with van der Waals surface area (Å²) in [5, 5.41) is 21.7. The van der Waals surface area contributed by atoms with Gasteiger partial charge in [-0.3, -0.25) is 34.6 Å². The Labute approximate surface area is 440 Å². The molecular weight excluding hydrogens is 998 g/mol. The number of nitrogens with zero attached hydrogens (tertiary/aromatic N) is 8. The number of aryl methyl sites for hydroxylation is 1. The maximum absolute atomic E-state index is 15.2. The number of para-hydroxylation sites is 1. The van der Waals surface area contributed by atoms with Gasteiger partial charge < -0.3 is 19.6 Å². The summed E-state index contributed by atoms with van der Waals surface area (Å²) in [6.45, 7) is 5.13. The van der Waals surface area contributed by atoms with Crippen LogP contribution >= 0.6 is 11.3 Å². The number of piperazine rings is 1. The lowest BCUT2D eigenvalue weighted by atomic mass is 9.84. The van der Waals surface area contributed by atoms with Gasteiger partial charge in [0.15, 0.2) is 16.5 Å². The van der Waals surface area contributed by atoms with Gasteiger partial charge in [-0.05, 0) is 117 Å². The van der Waals surface area contributed by atoms with Gasteiger partial charge >= 0.3 is 12.1 Å². The highest BCUT2D eigenvalue weighted by molar-refractivity contribution is 7.22. The summed E-state index contributed by atoms with van der Waals surface area (Å²) in [7, 11) is 1.82. The van der Waals surface area contributed by atoms with Gasteiger partial charge in [-0.2, -0.15) is 18.3 Å². The number of benzene rings is 3. The zero-order valence-corrected chi connectivity index (χ0v) is 42.8. The van der Waals surface area contributed by atoms with Crippen LogP contribution in [0.3, 0.4) is 0 Å². The minimum absolute atomic E-state index is 0.170. The predicted octanol–water partition coefficient (Wildman–Crippen LogP) is 9.62. The van der Waals surface area contributed by atoms with E-state index in [2.05, 4.69) is 35.5 Å². The molecule has 3 aromatic carbocycles. The Morgan fingerprint density at radius 2 is 1.59 bits per heavy atom. The van der Waals surface area contributed by atoms with E-state index < -0.39 is 35.4 Å². The van der Waals surface area contributed by atoms with Crippen LogP contribution in [0.25, 0.3) is 32.4 Å². The maximum atomic E-state index is 15.2. The smallest absolute Gasteiger partial charge is 0.420 e. The number of hydrogen-bond acceptors (Lipinski definition) is 13. The molecule has 4 aromatic heterocycles. The van der Waals surface area contributed by atoms with Crippen molar-refractivity contribution < 1.29 is 42.2 Å². The summed E-state index contributed by atoms with van der Waals surface area (Å²) >= 11 is 1.37. The van der Waals surface area contributed by atoms with Crippen molar-refractivity contribution in [2.24, 2.45) is 13.0 Å². The molecule has 0 radical (unpaired) electrons. The van der Waals surface area contributed by atoms with Crippen LogP contribution in [-0.2, 0) is 35.8 Å². The molecule has 1 saturated carbocycles. The minimum Gasteiger partial charge on any atom is -0.490 e. The van der Waals surface area contributed by atoms with E-state index in [1.54, 1.807) is 16.8 Å².